The zero-order valence-electron chi connectivity index (χ0n) is 48.3. The molecular formula is C69H110O6. The van der Waals surface area contributed by atoms with Crippen molar-refractivity contribution < 1.29 is 28.6 Å². The van der Waals surface area contributed by atoms with Gasteiger partial charge in [-0.25, -0.2) is 0 Å². The highest BCUT2D eigenvalue weighted by Crippen LogP contribution is 2.15. The van der Waals surface area contributed by atoms with E-state index in [1.54, 1.807) is 0 Å². The lowest BCUT2D eigenvalue weighted by atomic mass is 10.0. The lowest BCUT2D eigenvalue weighted by molar-refractivity contribution is -0.167. The minimum atomic E-state index is -0.818. The largest absolute Gasteiger partial charge is 0.462 e. The summed E-state index contributed by atoms with van der Waals surface area (Å²) in [5.74, 6) is -0.987. The van der Waals surface area contributed by atoms with Crippen LogP contribution in [0.1, 0.15) is 252 Å². The SMILES string of the molecule is CC/C=C\C/C=C\C/C=C\C/C=C\C/C=C\CCCCCCCCCCCCCCCC(=O)OCC(COC(=O)CCCCC/C=C\C/C=C\C/C=C\CC)OC(=O)CCCC/C=C\C/C=C\C/C=C\C/C=C\CC. The van der Waals surface area contributed by atoms with Crippen LogP contribution in [0.15, 0.2) is 146 Å². The highest BCUT2D eigenvalue weighted by Gasteiger charge is 2.19. The van der Waals surface area contributed by atoms with E-state index in [0.717, 1.165) is 135 Å². The van der Waals surface area contributed by atoms with Crippen molar-refractivity contribution in [3.05, 3.63) is 146 Å². The predicted molar refractivity (Wildman–Crippen MR) is 325 cm³/mol. The second-order valence-corrected chi connectivity index (χ2v) is 19.5. The minimum absolute atomic E-state index is 0.109. The summed E-state index contributed by atoms with van der Waals surface area (Å²) in [5, 5.41) is 0. The summed E-state index contributed by atoms with van der Waals surface area (Å²) in [6.45, 7) is 6.23. The Kier molecular flexibility index (Phi) is 58.0. The van der Waals surface area contributed by atoms with Gasteiger partial charge in [0.1, 0.15) is 13.2 Å². The normalized spacial score (nSPS) is 13.2. The molecule has 0 spiro atoms. The van der Waals surface area contributed by atoms with E-state index in [2.05, 4.69) is 167 Å². The Bertz CT molecular complexity index is 1660. The van der Waals surface area contributed by atoms with Crippen LogP contribution in [0.4, 0.5) is 0 Å². The van der Waals surface area contributed by atoms with Gasteiger partial charge in [-0.2, -0.15) is 0 Å². The van der Waals surface area contributed by atoms with Crippen LogP contribution < -0.4 is 0 Å². The molecule has 0 aliphatic carbocycles. The van der Waals surface area contributed by atoms with Gasteiger partial charge in [0.05, 0.1) is 0 Å². The van der Waals surface area contributed by atoms with Crippen LogP contribution in [0.2, 0.25) is 0 Å². The molecule has 0 radical (unpaired) electrons. The van der Waals surface area contributed by atoms with Gasteiger partial charge in [-0.05, 0) is 135 Å². The van der Waals surface area contributed by atoms with Crippen molar-refractivity contribution in [3.63, 3.8) is 0 Å². The minimum Gasteiger partial charge on any atom is -0.462 e. The molecule has 0 saturated carbocycles. The second-order valence-electron chi connectivity index (χ2n) is 19.5. The first-order valence-electron chi connectivity index (χ1n) is 30.3. The third-order valence-corrected chi connectivity index (χ3v) is 12.3. The lowest BCUT2D eigenvalue weighted by Gasteiger charge is -2.18. The van der Waals surface area contributed by atoms with Gasteiger partial charge in [-0.1, -0.05) is 244 Å². The van der Waals surface area contributed by atoms with E-state index in [9.17, 15) is 14.4 Å². The molecular weight excluding hydrogens is 925 g/mol. The highest BCUT2D eigenvalue weighted by atomic mass is 16.6. The summed E-state index contributed by atoms with van der Waals surface area (Å²) >= 11 is 0. The van der Waals surface area contributed by atoms with Crippen LogP contribution in [-0.4, -0.2) is 37.2 Å². The van der Waals surface area contributed by atoms with Crippen molar-refractivity contribution in [3.8, 4) is 0 Å². The van der Waals surface area contributed by atoms with Gasteiger partial charge < -0.3 is 14.2 Å². The van der Waals surface area contributed by atoms with Crippen LogP contribution in [0.3, 0.4) is 0 Å². The van der Waals surface area contributed by atoms with Gasteiger partial charge in [-0.3, -0.25) is 14.4 Å². The summed E-state index contributed by atoms with van der Waals surface area (Å²) in [7, 11) is 0. The lowest BCUT2D eigenvalue weighted by Crippen LogP contribution is -2.30. The average molecular weight is 1040 g/mol. The van der Waals surface area contributed by atoms with E-state index in [1.165, 1.54) is 70.6 Å². The summed E-state index contributed by atoms with van der Waals surface area (Å²) in [6, 6.07) is 0. The van der Waals surface area contributed by atoms with Crippen molar-refractivity contribution in [1.29, 1.82) is 0 Å². The third-order valence-electron chi connectivity index (χ3n) is 12.3. The predicted octanol–water partition coefficient (Wildman–Crippen LogP) is 20.8. The topological polar surface area (TPSA) is 78.9 Å². The number of allylic oxidation sites excluding steroid dienone is 24. The zero-order chi connectivity index (χ0) is 54.3. The third kappa shape index (κ3) is 60.0. The number of rotatable bonds is 53. The van der Waals surface area contributed by atoms with Crippen molar-refractivity contribution in [2.24, 2.45) is 0 Å². The first-order chi connectivity index (χ1) is 37.0. The van der Waals surface area contributed by atoms with Crippen LogP contribution >= 0.6 is 0 Å². The molecule has 0 aromatic heterocycles. The zero-order valence-corrected chi connectivity index (χ0v) is 48.3. The molecule has 0 saturated heterocycles. The fourth-order valence-electron chi connectivity index (χ4n) is 7.89. The van der Waals surface area contributed by atoms with E-state index in [-0.39, 0.29) is 37.5 Å². The number of esters is 3. The molecule has 6 heteroatoms. The average Bonchev–Trinajstić information content (AvgIpc) is 3.41. The van der Waals surface area contributed by atoms with Crippen molar-refractivity contribution in [1.82, 2.24) is 0 Å². The van der Waals surface area contributed by atoms with Crippen LogP contribution in [0, 0.1) is 0 Å². The maximum atomic E-state index is 12.8. The molecule has 0 bridgehead atoms. The second kappa shape index (κ2) is 61.8. The Hall–Kier alpha value is -4.71. The molecule has 1 unspecified atom stereocenters. The number of carbonyl (C=O) groups excluding carboxylic acids is 3. The number of hydrogen-bond donors (Lipinski definition) is 0. The maximum absolute atomic E-state index is 12.8. The molecule has 0 aromatic carbocycles. The van der Waals surface area contributed by atoms with Gasteiger partial charge in [0.25, 0.3) is 0 Å². The maximum Gasteiger partial charge on any atom is 0.306 e. The molecule has 75 heavy (non-hydrogen) atoms. The highest BCUT2D eigenvalue weighted by molar-refractivity contribution is 5.71. The molecule has 422 valence electrons. The molecule has 0 heterocycles. The van der Waals surface area contributed by atoms with E-state index >= 15 is 0 Å². The molecule has 6 nitrogen and oxygen atoms in total. The Morgan fingerprint density at radius 3 is 0.787 bits per heavy atom. The molecule has 0 aromatic rings. The van der Waals surface area contributed by atoms with Gasteiger partial charge >= 0.3 is 17.9 Å². The molecule has 0 N–H and O–H groups in total. The standard InChI is InChI=1S/C69H110O6/c1-4-7-10-13-16-19-22-25-27-28-29-30-31-32-33-34-35-36-37-38-39-40-42-44-47-50-53-56-59-62-68(71)74-65-66(64-73-67(70)61-58-55-52-49-46-43-24-21-18-15-12-9-6-3)75-69(72)63-60-57-54-51-48-45-41-26-23-20-17-14-11-8-5-2/h7-12,16-21,25-27,29-30,32-33,41,43,46,48,51,66H,4-6,13-15,22-24,28,31,34-40,42,44-45,47,49-50,52-65H2,1-3H3/b10-7-,11-8-,12-9-,19-16-,20-17-,21-18-,27-25-,30-29-,33-32-,41-26-,46-43-,51-48-. The number of unbranched alkanes of at least 4 members (excludes halogenated alkanes) is 18. The first-order valence-corrected chi connectivity index (χ1v) is 30.3. The van der Waals surface area contributed by atoms with Crippen LogP contribution in [0.5, 0.6) is 0 Å². The molecule has 0 rings (SSSR count). The van der Waals surface area contributed by atoms with E-state index in [0.29, 0.717) is 19.3 Å². The van der Waals surface area contributed by atoms with Crippen LogP contribution in [0.25, 0.3) is 0 Å². The van der Waals surface area contributed by atoms with E-state index in [4.69, 9.17) is 14.2 Å². The molecule has 1 atom stereocenters. The molecule has 0 amide bonds. The summed E-state index contributed by atoms with van der Waals surface area (Å²) in [5.41, 5.74) is 0. The summed E-state index contributed by atoms with van der Waals surface area (Å²) in [4.78, 5) is 38.2. The fraction of sp³-hybridized carbons (Fsp3) is 0.609. The van der Waals surface area contributed by atoms with Crippen molar-refractivity contribution in [2.45, 2.75) is 258 Å². The fourth-order valence-corrected chi connectivity index (χ4v) is 7.89. The number of carbonyl (C=O) groups is 3. The van der Waals surface area contributed by atoms with E-state index < -0.39 is 6.10 Å². The molecule has 0 aliphatic rings. The van der Waals surface area contributed by atoms with Gasteiger partial charge in [-0.15, -0.1) is 0 Å². The summed E-state index contributed by atoms with van der Waals surface area (Å²) < 4.78 is 16.8. The first kappa shape index (κ1) is 70.3. The number of hydrogen-bond acceptors (Lipinski definition) is 6. The van der Waals surface area contributed by atoms with Crippen molar-refractivity contribution in [2.75, 3.05) is 13.2 Å². The summed E-state index contributed by atoms with van der Waals surface area (Å²) in [6.07, 6.45) is 88.6. The van der Waals surface area contributed by atoms with Gasteiger partial charge in [0.15, 0.2) is 6.10 Å². The quantitative estimate of drug-likeness (QED) is 0.0261. The molecule has 0 aliphatic heterocycles. The monoisotopic (exact) mass is 1030 g/mol. The molecule has 0 fully saturated rings. The Morgan fingerprint density at radius 2 is 0.480 bits per heavy atom. The Balaban J connectivity index is 4.32. The van der Waals surface area contributed by atoms with Gasteiger partial charge in [0.2, 0.25) is 0 Å². The van der Waals surface area contributed by atoms with E-state index in [1.807, 2.05) is 0 Å². The Morgan fingerprint density at radius 1 is 0.267 bits per heavy atom. The van der Waals surface area contributed by atoms with Crippen molar-refractivity contribution >= 4 is 17.9 Å². The number of ether oxygens (including phenoxy) is 3. The smallest absolute Gasteiger partial charge is 0.306 e. The van der Waals surface area contributed by atoms with Crippen LogP contribution in [-0.2, 0) is 28.6 Å². The Labute approximate surface area is 461 Å². The van der Waals surface area contributed by atoms with Gasteiger partial charge in [0, 0.05) is 19.3 Å².